The number of thiophene rings is 1. The van der Waals surface area contributed by atoms with E-state index in [0.29, 0.717) is 19.4 Å². The van der Waals surface area contributed by atoms with E-state index in [0.717, 1.165) is 34.8 Å². The van der Waals surface area contributed by atoms with Crippen LogP contribution in [0.4, 0.5) is 5.82 Å². The molecule has 172 valence electrons. The molecule has 2 aliphatic rings. The molecule has 0 fully saturated rings. The molecule has 2 aliphatic heterocycles. The van der Waals surface area contributed by atoms with Crippen LogP contribution in [0.15, 0.2) is 35.3 Å². The summed E-state index contributed by atoms with van der Waals surface area (Å²) in [5, 5.41) is 9.66. The zero-order valence-electron chi connectivity index (χ0n) is 19.2. The minimum absolute atomic E-state index is 0.0762. The van der Waals surface area contributed by atoms with Crippen LogP contribution in [0.5, 0.6) is 0 Å². The zero-order valence-corrected chi connectivity index (χ0v) is 20.0. The molecule has 5 rings (SSSR count). The third kappa shape index (κ3) is 4.20. The van der Waals surface area contributed by atoms with Crippen molar-refractivity contribution in [2.45, 2.75) is 65.3 Å². The Hall–Kier alpha value is -2.97. The van der Waals surface area contributed by atoms with Gasteiger partial charge in [-0.05, 0) is 56.4 Å². The van der Waals surface area contributed by atoms with E-state index < -0.39 is 6.04 Å². The van der Waals surface area contributed by atoms with Gasteiger partial charge in [0.1, 0.15) is 6.04 Å². The van der Waals surface area contributed by atoms with Gasteiger partial charge in [-0.2, -0.15) is 0 Å². The monoisotopic (exact) mass is 463 g/mol. The molecular formula is C25H29N5O2S. The lowest BCUT2D eigenvalue weighted by Gasteiger charge is -2.19. The number of aromatic nitrogens is 2. The van der Waals surface area contributed by atoms with Crippen molar-refractivity contribution in [2.75, 3.05) is 5.32 Å². The molecule has 1 unspecified atom stereocenters. The van der Waals surface area contributed by atoms with Gasteiger partial charge in [-0.25, -0.2) is 4.98 Å². The molecule has 1 aromatic carbocycles. The fourth-order valence-electron chi connectivity index (χ4n) is 4.82. The second-order valence-electron chi connectivity index (χ2n) is 9.04. The van der Waals surface area contributed by atoms with Gasteiger partial charge in [0.2, 0.25) is 5.91 Å². The first-order valence-corrected chi connectivity index (χ1v) is 12.3. The maximum atomic E-state index is 13.3. The Balaban J connectivity index is 1.32. The number of aryl methyl sites for hydroxylation is 3. The molecular weight excluding hydrogens is 434 g/mol. The van der Waals surface area contributed by atoms with E-state index in [1.165, 1.54) is 16.0 Å². The SMILES string of the molecule is Cc1ccc(C)c([C@@H](C)Nc2ncc3n(c2=O)C(C(=O)NCc2cc4c(s2)CNC4)CC3)c1. The molecule has 0 bridgehead atoms. The summed E-state index contributed by atoms with van der Waals surface area (Å²) in [4.78, 5) is 33.2. The summed E-state index contributed by atoms with van der Waals surface area (Å²) in [5.74, 6) is 0.177. The molecule has 2 atom stereocenters. The van der Waals surface area contributed by atoms with Crippen molar-refractivity contribution in [3.05, 3.63) is 78.5 Å². The van der Waals surface area contributed by atoms with Crippen molar-refractivity contribution >= 4 is 23.1 Å². The maximum Gasteiger partial charge on any atom is 0.294 e. The number of carbonyl (C=O) groups excluding carboxylic acids is 1. The maximum absolute atomic E-state index is 13.3. The average molecular weight is 464 g/mol. The second-order valence-corrected chi connectivity index (χ2v) is 10.3. The van der Waals surface area contributed by atoms with E-state index >= 15 is 0 Å². The quantitative estimate of drug-likeness (QED) is 0.521. The van der Waals surface area contributed by atoms with Crippen molar-refractivity contribution in [1.29, 1.82) is 0 Å². The van der Waals surface area contributed by atoms with Crippen LogP contribution in [-0.4, -0.2) is 15.5 Å². The van der Waals surface area contributed by atoms with Crippen LogP contribution in [-0.2, 0) is 30.8 Å². The van der Waals surface area contributed by atoms with Crippen LogP contribution < -0.4 is 21.5 Å². The van der Waals surface area contributed by atoms with E-state index in [-0.39, 0.29) is 23.3 Å². The molecule has 8 heteroatoms. The number of benzene rings is 1. The molecule has 0 spiro atoms. The summed E-state index contributed by atoms with van der Waals surface area (Å²) in [6.07, 6.45) is 3.01. The van der Waals surface area contributed by atoms with Crippen LogP contribution in [0.1, 0.15) is 63.1 Å². The zero-order chi connectivity index (χ0) is 23.1. The fraction of sp³-hybridized carbons (Fsp3) is 0.400. The molecule has 2 aromatic heterocycles. The molecule has 0 aliphatic carbocycles. The summed E-state index contributed by atoms with van der Waals surface area (Å²) in [6.45, 7) is 8.45. The smallest absolute Gasteiger partial charge is 0.294 e. The number of nitrogens with zero attached hydrogens (tertiary/aromatic N) is 2. The van der Waals surface area contributed by atoms with Crippen molar-refractivity contribution in [1.82, 2.24) is 20.2 Å². The number of fused-ring (bicyclic) bond motifs is 2. The number of anilines is 1. The lowest BCUT2D eigenvalue weighted by Crippen LogP contribution is -2.36. The Morgan fingerprint density at radius 2 is 2.15 bits per heavy atom. The number of rotatable bonds is 6. The van der Waals surface area contributed by atoms with Crippen molar-refractivity contribution in [3.63, 3.8) is 0 Å². The van der Waals surface area contributed by atoms with E-state index in [1.54, 1.807) is 22.1 Å². The predicted molar refractivity (Wildman–Crippen MR) is 131 cm³/mol. The molecule has 0 saturated heterocycles. The Labute approximate surface area is 197 Å². The van der Waals surface area contributed by atoms with Crippen LogP contribution in [0.2, 0.25) is 0 Å². The van der Waals surface area contributed by atoms with Crippen molar-refractivity contribution < 1.29 is 4.79 Å². The van der Waals surface area contributed by atoms with Crippen LogP contribution >= 0.6 is 11.3 Å². The number of hydrogen-bond donors (Lipinski definition) is 3. The topological polar surface area (TPSA) is 88.0 Å². The molecule has 4 heterocycles. The highest BCUT2D eigenvalue weighted by molar-refractivity contribution is 7.12. The van der Waals surface area contributed by atoms with Gasteiger partial charge < -0.3 is 16.0 Å². The van der Waals surface area contributed by atoms with Gasteiger partial charge >= 0.3 is 0 Å². The molecule has 3 N–H and O–H groups in total. The lowest BCUT2D eigenvalue weighted by atomic mass is 10.00. The number of carbonyl (C=O) groups is 1. The number of nitrogens with one attached hydrogen (secondary N) is 3. The Morgan fingerprint density at radius 3 is 2.97 bits per heavy atom. The number of amides is 1. The van der Waals surface area contributed by atoms with E-state index in [4.69, 9.17) is 0 Å². The standard InChI is InChI=1S/C25H29N5O2S/c1-14-4-5-15(2)20(8-14)16(3)29-23-25(32)30-18(11-27-23)6-7-21(30)24(31)28-12-19-9-17-10-26-13-22(17)33-19/h4-5,8-9,11,16,21,26H,6-7,10,12-13H2,1-3H3,(H,27,29)(H,28,31)/t16-,21?/m1/s1. The Bertz CT molecular complexity index is 1260. The second kappa shape index (κ2) is 8.76. The van der Waals surface area contributed by atoms with Gasteiger partial charge in [0.05, 0.1) is 12.6 Å². The molecule has 1 amide bonds. The predicted octanol–water partition coefficient (Wildman–Crippen LogP) is 3.50. The Kier molecular flexibility index (Phi) is 5.80. The van der Waals surface area contributed by atoms with E-state index in [9.17, 15) is 9.59 Å². The molecule has 33 heavy (non-hydrogen) atoms. The summed E-state index contributed by atoms with van der Waals surface area (Å²) < 4.78 is 1.62. The summed E-state index contributed by atoms with van der Waals surface area (Å²) in [5.41, 5.74) is 5.37. The first kappa shape index (κ1) is 21.9. The molecule has 0 saturated carbocycles. The van der Waals surface area contributed by atoms with Gasteiger partial charge in [0.15, 0.2) is 5.82 Å². The van der Waals surface area contributed by atoms with E-state index in [1.807, 2.05) is 6.92 Å². The van der Waals surface area contributed by atoms with Crippen LogP contribution in [0.3, 0.4) is 0 Å². The van der Waals surface area contributed by atoms with Gasteiger partial charge in [-0.15, -0.1) is 11.3 Å². The summed E-state index contributed by atoms with van der Waals surface area (Å²) in [6, 6.07) is 7.89. The third-order valence-electron chi connectivity index (χ3n) is 6.60. The van der Waals surface area contributed by atoms with Gasteiger partial charge in [0, 0.05) is 34.7 Å². The summed E-state index contributed by atoms with van der Waals surface area (Å²) in [7, 11) is 0. The minimum atomic E-state index is -0.500. The minimum Gasteiger partial charge on any atom is -0.359 e. The van der Waals surface area contributed by atoms with Crippen LogP contribution in [0.25, 0.3) is 0 Å². The number of hydrogen-bond acceptors (Lipinski definition) is 6. The molecule has 7 nitrogen and oxygen atoms in total. The molecule has 0 radical (unpaired) electrons. The third-order valence-corrected chi connectivity index (χ3v) is 7.78. The average Bonchev–Trinajstić information content (AvgIpc) is 3.50. The van der Waals surface area contributed by atoms with Gasteiger partial charge in [-0.3, -0.25) is 14.2 Å². The highest BCUT2D eigenvalue weighted by Gasteiger charge is 2.31. The highest BCUT2D eigenvalue weighted by atomic mass is 32.1. The van der Waals surface area contributed by atoms with Gasteiger partial charge in [0.25, 0.3) is 5.56 Å². The largest absolute Gasteiger partial charge is 0.359 e. The fourth-order valence-corrected chi connectivity index (χ4v) is 5.91. The Morgan fingerprint density at radius 1 is 1.30 bits per heavy atom. The first-order valence-electron chi connectivity index (χ1n) is 11.4. The highest BCUT2D eigenvalue weighted by Crippen LogP contribution is 2.28. The lowest BCUT2D eigenvalue weighted by molar-refractivity contribution is -0.124. The van der Waals surface area contributed by atoms with Crippen molar-refractivity contribution in [2.24, 2.45) is 0 Å². The van der Waals surface area contributed by atoms with Crippen molar-refractivity contribution in [3.8, 4) is 0 Å². The van der Waals surface area contributed by atoms with Gasteiger partial charge in [-0.1, -0.05) is 23.8 Å². The summed E-state index contributed by atoms with van der Waals surface area (Å²) >= 11 is 1.74. The first-order chi connectivity index (χ1) is 15.9. The molecule has 3 aromatic rings. The van der Waals surface area contributed by atoms with Crippen LogP contribution in [0, 0.1) is 13.8 Å². The normalized spacial score (nSPS) is 17.5. The van der Waals surface area contributed by atoms with E-state index in [2.05, 4.69) is 59.0 Å².